The lowest BCUT2D eigenvalue weighted by Crippen LogP contribution is -2.05. The van der Waals surface area contributed by atoms with Gasteiger partial charge >= 0.3 is 0 Å². The Hall–Kier alpha value is -2.11. The van der Waals surface area contributed by atoms with E-state index in [-0.39, 0.29) is 0 Å². The van der Waals surface area contributed by atoms with Crippen molar-refractivity contribution in [2.75, 3.05) is 7.11 Å². The summed E-state index contributed by atoms with van der Waals surface area (Å²) >= 11 is 0. The molecule has 0 bridgehead atoms. The second-order valence-electron chi connectivity index (χ2n) is 2.56. The second kappa shape index (κ2) is 3.73. The van der Waals surface area contributed by atoms with Crippen LogP contribution in [-0.4, -0.2) is 33.2 Å². The number of nitrogens with one attached hydrogen (secondary N) is 2. The minimum atomic E-state index is 0.641. The molecule has 2 N–H and O–H groups in total. The Kier molecular flexibility index (Phi) is 2.26. The molecule has 72 valence electrons. The van der Waals surface area contributed by atoms with Crippen LogP contribution in [0.3, 0.4) is 0 Å². The number of rotatable bonds is 3. The number of nitrogens with zero attached hydrogens (tertiary/aromatic N) is 3. The summed E-state index contributed by atoms with van der Waals surface area (Å²) in [6, 6.07) is 3.61. The summed E-state index contributed by atoms with van der Waals surface area (Å²) in [5.74, 6) is 0. The molecule has 14 heavy (non-hydrogen) atoms. The highest BCUT2D eigenvalue weighted by Crippen LogP contribution is 2.04. The number of H-pyrrole nitrogens is 2. The van der Waals surface area contributed by atoms with Gasteiger partial charge in [0.25, 0.3) is 0 Å². The van der Waals surface area contributed by atoms with E-state index in [1.807, 2.05) is 0 Å². The number of hydrogen-bond acceptors (Lipinski definition) is 4. The summed E-state index contributed by atoms with van der Waals surface area (Å²) in [6.45, 7) is 0. The maximum absolute atomic E-state index is 4.74. The predicted octanol–water partition coefficient (Wildman–Crippen LogP) is 0.532. The third kappa shape index (κ3) is 1.49. The molecule has 0 atom stereocenters. The van der Waals surface area contributed by atoms with E-state index in [1.54, 1.807) is 24.5 Å². The molecule has 0 fully saturated rings. The Morgan fingerprint density at radius 2 is 1.79 bits per heavy atom. The van der Waals surface area contributed by atoms with Crippen LogP contribution in [0.4, 0.5) is 0 Å². The van der Waals surface area contributed by atoms with E-state index in [0.717, 1.165) is 11.4 Å². The molecule has 6 nitrogen and oxygen atoms in total. The van der Waals surface area contributed by atoms with E-state index >= 15 is 0 Å². The molecular formula is C8H9N5O. The summed E-state index contributed by atoms with van der Waals surface area (Å²) in [7, 11) is 1.49. The van der Waals surface area contributed by atoms with Crippen molar-refractivity contribution in [3.63, 3.8) is 0 Å². The van der Waals surface area contributed by atoms with Crippen molar-refractivity contribution >= 4 is 5.71 Å². The molecule has 6 heteroatoms. The van der Waals surface area contributed by atoms with Crippen molar-refractivity contribution in [1.82, 2.24) is 20.4 Å². The second-order valence-corrected chi connectivity index (χ2v) is 2.56. The third-order valence-corrected chi connectivity index (χ3v) is 1.69. The molecule has 0 aliphatic heterocycles. The van der Waals surface area contributed by atoms with Crippen molar-refractivity contribution in [3.05, 3.63) is 35.9 Å². The molecule has 2 heterocycles. The highest BCUT2D eigenvalue weighted by Gasteiger charge is 2.09. The van der Waals surface area contributed by atoms with Crippen LogP contribution >= 0.6 is 0 Å². The zero-order valence-electron chi connectivity index (χ0n) is 7.56. The van der Waals surface area contributed by atoms with Crippen LogP contribution in [0.25, 0.3) is 0 Å². The SMILES string of the molecule is CON=C(c1ccn[nH]1)c1ccn[nH]1. The lowest BCUT2D eigenvalue weighted by Gasteiger charge is -1.98. The largest absolute Gasteiger partial charge is 0.399 e. The Bertz CT molecular complexity index is 367. The van der Waals surface area contributed by atoms with Gasteiger partial charge in [-0.25, -0.2) is 0 Å². The van der Waals surface area contributed by atoms with Crippen LogP contribution in [0, 0.1) is 0 Å². The minimum Gasteiger partial charge on any atom is -0.399 e. The van der Waals surface area contributed by atoms with Crippen molar-refractivity contribution in [2.24, 2.45) is 5.16 Å². The van der Waals surface area contributed by atoms with Gasteiger partial charge in [0.15, 0.2) is 5.71 Å². The fourth-order valence-electron chi connectivity index (χ4n) is 1.11. The average Bonchev–Trinajstić information content (AvgIpc) is 2.87. The Balaban J connectivity index is 2.40. The number of hydrogen-bond donors (Lipinski definition) is 2. The van der Waals surface area contributed by atoms with E-state index in [0.29, 0.717) is 5.71 Å². The molecule has 0 spiro atoms. The summed E-state index contributed by atoms with van der Waals surface area (Å²) in [4.78, 5) is 4.74. The minimum absolute atomic E-state index is 0.641. The van der Waals surface area contributed by atoms with E-state index in [4.69, 9.17) is 4.84 Å². The lowest BCUT2D eigenvalue weighted by molar-refractivity contribution is 0.213. The van der Waals surface area contributed by atoms with Crippen LogP contribution in [0.5, 0.6) is 0 Å². The zero-order valence-corrected chi connectivity index (χ0v) is 7.56. The van der Waals surface area contributed by atoms with Gasteiger partial charge in [-0.05, 0) is 12.1 Å². The van der Waals surface area contributed by atoms with Crippen molar-refractivity contribution in [1.29, 1.82) is 0 Å². The van der Waals surface area contributed by atoms with Crippen molar-refractivity contribution in [2.45, 2.75) is 0 Å². The van der Waals surface area contributed by atoms with Gasteiger partial charge in [-0.15, -0.1) is 0 Å². The fraction of sp³-hybridized carbons (Fsp3) is 0.125. The molecule has 0 amide bonds. The summed E-state index contributed by atoms with van der Waals surface area (Å²) in [5.41, 5.74) is 2.19. The molecule has 0 aromatic carbocycles. The summed E-state index contributed by atoms with van der Waals surface area (Å²) < 4.78 is 0. The molecule has 0 radical (unpaired) electrons. The Morgan fingerprint density at radius 1 is 1.21 bits per heavy atom. The lowest BCUT2D eigenvalue weighted by atomic mass is 10.2. The molecule has 0 saturated heterocycles. The summed E-state index contributed by atoms with van der Waals surface area (Å²) in [6.07, 6.45) is 3.30. The number of aromatic amines is 2. The average molecular weight is 191 g/mol. The quantitative estimate of drug-likeness (QED) is 0.548. The molecule has 0 aliphatic carbocycles. The molecule has 2 aromatic heterocycles. The first-order chi connectivity index (χ1) is 6.92. The smallest absolute Gasteiger partial charge is 0.152 e. The maximum atomic E-state index is 4.74. The molecule has 0 unspecified atom stereocenters. The first-order valence-electron chi connectivity index (χ1n) is 4.02. The van der Waals surface area contributed by atoms with E-state index in [1.165, 1.54) is 7.11 Å². The molecule has 0 aliphatic rings. The van der Waals surface area contributed by atoms with Gasteiger partial charge in [-0.1, -0.05) is 5.16 Å². The van der Waals surface area contributed by atoms with Crippen LogP contribution in [0.1, 0.15) is 11.4 Å². The Labute approximate surface area is 80.0 Å². The van der Waals surface area contributed by atoms with Gasteiger partial charge in [0.05, 0.1) is 11.4 Å². The van der Waals surface area contributed by atoms with Crippen LogP contribution in [0.15, 0.2) is 29.7 Å². The van der Waals surface area contributed by atoms with Gasteiger partial charge in [-0.3, -0.25) is 10.2 Å². The first-order valence-corrected chi connectivity index (χ1v) is 4.02. The normalized spacial score (nSPS) is 9.79. The number of aromatic nitrogens is 4. The van der Waals surface area contributed by atoms with E-state index < -0.39 is 0 Å². The van der Waals surface area contributed by atoms with Gasteiger partial charge in [0.2, 0.25) is 0 Å². The van der Waals surface area contributed by atoms with Crippen molar-refractivity contribution < 1.29 is 4.84 Å². The first kappa shape index (κ1) is 8.49. The van der Waals surface area contributed by atoms with E-state index in [9.17, 15) is 0 Å². The third-order valence-electron chi connectivity index (χ3n) is 1.69. The standard InChI is InChI=1S/C8H9N5O/c1-14-13-8(6-2-4-9-11-6)7-3-5-10-12-7/h2-5H,1H3,(H,9,11)(H,10,12). The van der Waals surface area contributed by atoms with Crippen LogP contribution < -0.4 is 0 Å². The molecule has 2 rings (SSSR count). The molecule has 0 saturated carbocycles. The molecule has 2 aromatic rings. The Morgan fingerprint density at radius 3 is 2.14 bits per heavy atom. The fourth-order valence-corrected chi connectivity index (χ4v) is 1.11. The monoisotopic (exact) mass is 191 g/mol. The highest BCUT2D eigenvalue weighted by molar-refractivity contribution is 6.09. The van der Waals surface area contributed by atoms with Gasteiger partial charge in [0.1, 0.15) is 7.11 Å². The van der Waals surface area contributed by atoms with Gasteiger partial charge in [-0.2, -0.15) is 10.2 Å². The molecular weight excluding hydrogens is 182 g/mol. The van der Waals surface area contributed by atoms with Crippen LogP contribution in [0.2, 0.25) is 0 Å². The van der Waals surface area contributed by atoms with E-state index in [2.05, 4.69) is 25.6 Å². The zero-order chi connectivity index (χ0) is 9.80. The topological polar surface area (TPSA) is 79.0 Å². The maximum Gasteiger partial charge on any atom is 0.152 e. The predicted molar refractivity (Wildman–Crippen MR) is 49.8 cm³/mol. The summed E-state index contributed by atoms with van der Waals surface area (Å²) in [5, 5.41) is 17.2. The number of oxime groups is 1. The van der Waals surface area contributed by atoms with Gasteiger partial charge < -0.3 is 4.84 Å². The van der Waals surface area contributed by atoms with Gasteiger partial charge in [0, 0.05) is 12.4 Å². The van der Waals surface area contributed by atoms with Crippen LogP contribution in [-0.2, 0) is 4.84 Å². The highest BCUT2D eigenvalue weighted by atomic mass is 16.6. The van der Waals surface area contributed by atoms with Crippen molar-refractivity contribution in [3.8, 4) is 0 Å².